The smallest absolute Gasteiger partial charge is 0.243 e. The molecule has 0 saturated carbocycles. The Morgan fingerprint density at radius 3 is 2.21 bits per heavy atom. The van der Waals surface area contributed by atoms with Crippen LogP contribution in [-0.4, -0.2) is 28.8 Å². The lowest BCUT2D eigenvalue weighted by Crippen LogP contribution is -2.52. The number of nitrogens with zero attached hydrogens (tertiary/aromatic N) is 1. The van der Waals surface area contributed by atoms with Crippen LogP contribution in [0.3, 0.4) is 0 Å². The lowest BCUT2D eigenvalue weighted by Gasteiger charge is -2.32. The van der Waals surface area contributed by atoms with Crippen molar-refractivity contribution in [2.45, 2.75) is 52.2 Å². The van der Waals surface area contributed by atoms with E-state index in [1.807, 2.05) is 75.4 Å². The van der Waals surface area contributed by atoms with Crippen LogP contribution in [0.2, 0.25) is 10.0 Å². The van der Waals surface area contributed by atoms with Crippen molar-refractivity contribution in [1.82, 2.24) is 10.2 Å². The van der Waals surface area contributed by atoms with E-state index < -0.39 is 6.04 Å². The minimum absolute atomic E-state index is 0.0483. The van der Waals surface area contributed by atoms with Gasteiger partial charge in [-0.1, -0.05) is 89.4 Å². The second-order valence-corrected chi connectivity index (χ2v) is 9.63. The van der Waals surface area contributed by atoms with Gasteiger partial charge in [0.25, 0.3) is 0 Å². The second kappa shape index (κ2) is 12.0. The molecule has 1 N–H and O–H groups in total. The molecule has 3 aromatic rings. The number of carbonyl (C=O) groups excluding carboxylic acids is 2. The van der Waals surface area contributed by atoms with Gasteiger partial charge >= 0.3 is 0 Å². The molecule has 0 spiro atoms. The molecule has 4 nitrogen and oxygen atoms in total. The molecule has 0 radical (unpaired) electrons. The Kier molecular flexibility index (Phi) is 9.14. The highest BCUT2D eigenvalue weighted by Gasteiger charge is 2.31. The van der Waals surface area contributed by atoms with Crippen molar-refractivity contribution in [2.24, 2.45) is 0 Å². The van der Waals surface area contributed by atoms with E-state index in [2.05, 4.69) is 5.32 Å². The number of hydrogen-bond donors (Lipinski definition) is 1. The zero-order valence-electron chi connectivity index (χ0n) is 19.7. The Labute approximate surface area is 211 Å². The number of carbonyl (C=O) groups is 2. The largest absolute Gasteiger partial charge is 0.352 e. The number of nitrogens with one attached hydrogen (secondary N) is 1. The predicted octanol–water partition coefficient (Wildman–Crippen LogP) is 6.01. The highest BCUT2D eigenvalue weighted by atomic mass is 35.5. The average molecular weight is 497 g/mol. The van der Waals surface area contributed by atoms with E-state index >= 15 is 0 Å². The van der Waals surface area contributed by atoms with Crippen molar-refractivity contribution in [3.05, 3.63) is 105 Å². The number of amides is 2. The molecule has 0 aromatic heterocycles. The summed E-state index contributed by atoms with van der Waals surface area (Å²) in [7, 11) is 0. The third-order valence-corrected chi connectivity index (χ3v) is 6.12. The van der Waals surface area contributed by atoms with Crippen LogP contribution in [0.4, 0.5) is 0 Å². The molecule has 0 aliphatic carbocycles. The molecule has 1 atom stereocenters. The number of aryl methyl sites for hydroxylation is 1. The van der Waals surface area contributed by atoms with E-state index in [1.165, 1.54) is 0 Å². The molecule has 0 bridgehead atoms. The number of halogens is 2. The lowest BCUT2D eigenvalue weighted by atomic mass is 10.0. The molecule has 0 aliphatic heterocycles. The van der Waals surface area contributed by atoms with Crippen LogP contribution in [0.15, 0.2) is 72.8 Å². The molecule has 34 heavy (non-hydrogen) atoms. The summed E-state index contributed by atoms with van der Waals surface area (Å²) in [6, 6.07) is 22.1. The Balaban J connectivity index is 1.98. The van der Waals surface area contributed by atoms with Crippen molar-refractivity contribution < 1.29 is 9.59 Å². The first-order valence-electron chi connectivity index (χ1n) is 11.4. The summed E-state index contributed by atoms with van der Waals surface area (Å²) in [5, 5.41) is 3.94. The summed E-state index contributed by atoms with van der Waals surface area (Å²) in [4.78, 5) is 28.7. The third-order valence-electron chi connectivity index (χ3n) is 5.53. The molecule has 0 aliphatic rings. The highest BCUT2D eigenvalue weighted by molar-refractivity contribution is 6.35. The zero-order valence-corrected chi connectivity index (χ0v) is 21.2. The summed E-state index contributed by atoms with van der Waals surface area (Å²) >= 11 is 12.4. The van der Waals surface area contributed by atoms with Crippen molar-refractivity contribution in [1.29, 1.82) is 0 Å². The predicted molar refractivity (Wildman–Crippen MR) is 139 cm³/mol. The highest BCUT2D eigenvalue weighted by Crippen LogP contribution is 2.23. The maximum Gasteiger partial charge on any atom is 0.243 e. The van der Waals surface area contributed by atoms with E-state index in [0.29, 0.717) is 28.6 Å². The van der Waals surface area contributed by atoms with Gasteiger partial charge in [-0.15, -0.1) is 0 Å². The SMILES string of the molecule is Cc1ccc(CN(C(=O)Cc2ccc(Cl)cc2Cl)C(Cc2ccccc2)C(=O)NC(C)C)cc1. The molecule has 0 heterocycles. The monoisotopic (exact) mass is 496 g/mol. The first-order chi connectivity index (χ1) is 16.2. The molecule has 3 aromatic carbocycles. The second-order valence-electron chi connectivity index (χ2n) is 8.79. The molecule has 2 amide bonds. The van der Waals surface area contributed by atoms with Gasteiger partial charge in [-0.05, 0) is 49.6 Å². The van der Waals surface area contributed by atoms with Crippen molar-refractivity contribution in [3.8, 4) is 0 Å². The first-order valence-corrected chi connectivity index (χ1v) is 12.1. The summed E-state index contributed by atoms with van der Waals surface area (Å²) < 4.78 is 0. The van der Waals surface area contributed by atoms with Crippen LogP contribution in [0.1, 0.15) is 36.1 Å². The molecule has 1 unspecified atom stereocenters. The fourth-order valence-corrected chi connectivity index (χ4v) is 4.23. The molecule has 6 heteroatoms. The fraction of sp³-hybridized carbons (Fsp3) is 0.286. The normalized spacial score (nSPS) is 11.8. The Morgan fingerprint density at radius 2 is 1.59 bits per heavy atom. The minimum atomic E-state index is -0.676. The zero-order chi connectivity index (χ0) is 24.7. The van der Waals surface area contributed by atoms with Gasteiger partial charge in [-0.3, -0.25) is 9.59 Å². The van der Waals surface area contributed by atoms with Gasteiger partial charge in [-0.25, -0.2) is 0 Å². The molecular weight excluding hydrogens is 467 g/mol. The van der Waals surface area contributed by atoms with Crippen LogP contribution in [0.25, 0.3) is 0 Å². The topological polar surface area (TPSA) is 49.4 Å². The standard InChI is InChI=1S/C28H30Cl2N2O2/c1-19(2)31-28(34)26(15-21-7-5-4-6-8-21)32(18-22-11-9-20(3)10-12-22)27(33)16-23-13-14-24(29)17-25(23)30/h4-14,17,19,26H,15-16,18H2,1-3H3,(H,31,34). The van der Waals surface area contributed by atoms with Gasteiger partial charge in [0.05, 0.1) is 6.42 Å². The maximum absolute atomic E-state index is 13.7. The Bertz CT molecular complexity index is 1120. The van der Waals surface area contributed by atoms with Gasteiger partial charge in [0.1, 0.15) is 6.04 Å². The molecule has 3 rings (SSSR count). The van der Waals surface area contributed by atoms with Gasteiger partial charge < -0.3 is 10.2 Å². The van der Waals surface area contributed by atoms with Gasteiger partial charge in [-0.2, -0.15) is 0 Å². The van der Waals surface area contributed by atoms with Crippen molar-refractivity contribution in [2.75, 3.05) is 0 Å². The van der Waals surface area contributed by atoms with Gasteiger partial charge in [0.15, 0.2) is 0 Å². The van der Waals surface area contributed by atoms with Gasteiger partial charge in [0.2, 0.25) is 11.8 Å². The summed E-state index contributed by atoms with van der Waals surface area (Å²) in [5.41, 5.74) is 3.75. The first kappa shape index (κ1) is 25.8. The van der Waals surface area contributed by atoms with Gasteiger partial charge in [0, 0.05) is 29.1 Å². The Hall–Kier alpha value is -2.82. The van der Waals surface area contributed by atoms with E-state index in [1.54, 1.807) is 23.1 Å². The van der Waals surface area contributed by atoms with Crippen molar-refractivity contribution in [3.63, 3.8) is 0 Å². The molecular formula is C28H30Cl2N2O2. The molecule has 0 saturated heterocycles. The summed E-state index contributed by atoms with van der Waals surface area (Å²) in [6.07, 6.45) is 0.480. The average Bonchev–Trinajstić information content (AvgIpc) is 2.79. The fourth-order valence-electron chi connectivity index (χ4n) is 3.75. The van der Waals surface area contributed by atoms with Crippen molar-refractivity contribution >= 4 is 35.0 Å². The van der Waals surface area contributed by atoms with Crippen LogP contribution in [0, 0.1) is 6.92 Å². The van der Waals surface area contributed by atoms with Crippen LogP contribution < -0.4 is 5.32 Å². The van der Waals surface area contributed by atoms with E-state index in [-0.39, 0.29) is 24.3 Å². The van der Waals surface area contributed by atoms with E-state index in [9.17, 15) is 9.59 Å². The number of benzene rings is 3. The summed E-state index contributed by atoms with van der Waals surface area (Å²) in [5.74, 6) is -0.355. The minimum Gasteiger partial charge on any atom is -0.352 e. The molecule has 178 valence electrons. The van der Waals surface area contributed by atoms with E-state index in [4.69, 9.17) is 23.2 Å². The quantitative estimate of drug-likeness (QED) is 0.394. The maximum atomic E-state index is 13.7. The number of rotatable bonds is 9. The Morgan fingerprint density at radius 1 is 0.912 bits per heavy atom. The summed E-state index contributed by atoms with van der Waals surface area (Å²) in [6.45, 7) is 6.16. The lowest BCUT2D eigenvalue weighted by molar-refractivity contribution is -0.141. The van der Waals surface area contributed by atoms with Crippen LogP contribution >= 0.6 is 23.2 Å². The third kappa shape index (κ3) is 7.34. The van der Waals surface area contributed by atoms with Crippen LogP contribution in [-0.2, 0) is 29.0 Å². The van der Waals surface area contributed by atoms with E-state index in [0.717, 1.165) is 16.7 Å². The number of hydrogen-bond acceptors (Lipinski definition) is 2. The van der Waals surface area contributed by atoms with Crippen LogP contribution in [0.5, 0.6) is 0 Å². The molecule has 0 fully saturated rings.